The number of nitrogens with zero attached hydrogens (tertiary/aromatic N) is 4. The van der Waals surface area contributed by atoms with Gasteiger partial charge in [-0.1, -0.05) is 30.8 Å². The van der Waals surface area contributed by atoms with Crippen molar-refractivity contribution in [1.82, 2.24) is 19.2 Å². The number of aromatic nitrogens is 4. The number of methoxy groups -OCH3 is 1. The molecule has 29 heavy (non-hydrogen) atoms. The molecule has 150 valence electrons. The first-order valence-electron chi connectivity index (χ1n) is 9.22. The smallest absolute Gasteiger partial charge is 0.374 e. The van der Waals surface area contributed by atoms with Gasteiger partial charge in [-0.05, 0) is 31.5 Å². The standard InChI is InChI=1S/C20H20N4O4S/c1-4-9-23-17(25)14-7-5-6-8-15(14)24-19(23)21-22-20(24)29-11-13-10-12(2)16(28-13)18(26)27-3/h5-8,10H,4,9,11H2,1-3H3. The maximum Gasteiger partial charge on any atom is 0.374 e. The second-order valence-electron chi connectivity index (χ2n) is 6.60. The summed E-state index contributed by atoms with van der Waals surface area (Å²) >= 11 is 1.43. The van der Waals surface area contributed by atoms with E-state index in [-0.39, 0.29) is 11.3 Å². The van der Waals surface area contributed by atoms with Crippen molar-refractivity contribution in [1.29, 1.82) is 0 Å². The summed E-state index contributed by atoms with van der Waals surface area (Å²) in [5.41, 5.74) is 1.42. The molecule has 9 heteroatoms. The fourth-order valence-corrected chi connectivity index (χ4v) is 4.12. The molecule has 0 bridgehead atoms. The summed E-state index contributed by atoms with van der Waals surface area (Å²) in [5, 5.41) is 9.85. The fraction of sp³-hybridized carbons (Fsp3) is 0.300. The third-order valence-electron chi connectivity index (χ3n) is 4.61. The first kappa shape index (κ1) is 19.3. The number of thioether (sulfide) groups is 1. The molecule has 8 nitrogen and oxygen atoms in total. The lowest BCUT2D eigenvalue weighted by molar-refractivity contribution is 0.0562. The number of carbonyl (C=O) groups is 1. The Morgan fingerprint density at radius 3 is 2.83 bits per heavy atom. The first-order chi connectivity index (χ1) is 14.0. The SMILES string of the molecule is CCCn1c(=O)c2ccccc2n2c(SCc3cc(C)c(C(=O)OC)o3)nnc12. The molecule has 3 aromatic heterocycles. The van der Waals surface area contributed by atoms with Crippen LogP contribution in [0, 0.1) is 6.92 Å². The van der Waals surface area contributed by atoms with E-state index >= 15 is 0 Å². The zero-order chi connectivity index (χ0) is 20.5. The van der Waals surface area contributed by atoms with Gasteiger partial charge in [-0.15, -0.1) is 10.2 Å². The molecular formula is C20H20N4O4S. The number of carbonyl (C=O) groups excluding carboxylic acids is 1. The Hall–Kier alpha value is -3.07. The fourth-order valence-electron chi connectivity index (χ4n) is 3.30. The summed E-state index contributed by atoms with van der Waals surface area (Å²) < 4.78 is 13.9. The van der Waals surface area contributed by atoms with Gasteiger partial charge in [0, 0.05) is 12.1 Å². The summed E-state index contributed by atoms with van der Waals surface area (Å²) in [6, 6.07) is 9.25. The lowest BCUT2D eigenvalue weighted by Gasteiger charge is -2.10. The molecule has 0 radical (unpaired) electrons. The Morgan fingerprint density at radius 1 is 1.28 bits per heavy atom. The van der Waals surface area contributed by atoms with Crippen LogP contribution in [0.25, 0.3) is 16.7 Å². The molecule has 4 rings (SSSR count). The van der Waals surface area contributed by atoms with Crippen LogP contribution < -0.4 is 5.56 Å². The molecule has 4 aromatic rings. The van der Waals surface area contributed by atoms with Crippen molar-refractivity contribution < 1.29 is 13.9 Å². The van der Waals surface area contributed by atoms with Crippen LogP contribution in [0.15, 0.2) is 44.7 Å². The van der Waals surface area contributed by atoms with Gasteiger partial charge in [-0.2, -0.15) is 0 Å². The van der Waals surface area contributed by atoms with E-state index in [9.17, 15) is 9.59 Å². The van der Waals surface area contributed by atoms with Gasteiger partial charge in [0.1, 0.15) is 5.76 Å². The monoisotopic (exact) mass is 412 g/mol. The third-order valence-corrected chi connectivity index (χ3v) is 5.56. The molecule has 0 saturated carbocycles. The molecule has 3 heterocycles. The van der Waals surface area contributed by atoms with Gasteiger partial charge in [0.25, 0.3) is 5.56 Å². The molecule has 0 aliphatic rings. The number of para-hydroxylation sites is 1. The Balaban J connectivity index is 1.76. The van der Waals surface area contributed by atoms with E-state index in [0.717, 1.165) is 17.5 Å². The van der Waals surface area contributed by atoms with Gasteiger partial charge < -0.3 is 9.15 Å². The normalized spacial score (nSPS) is 11.4. The van der Waals surface area contributed by atoms with Crippen LogP contribution in [0.4, 0.5) is 0 Å². The van der Waals surface area contributed by atoms with Gasteiger partial charge in [-0.25, -0.2) is 4.79 Å². The molecule has 0 N–H and O–H groups in total. The summed E-state index contributed by atoms with van der Waals surface area (Å²) in [6.07, 6.45) is 0.811. The van der Waals surface area contributed by atoms with Crippen molar-refractivity contribution in [2.45, 2.75) is 37.7 Å². The zero-order valence-corrected chi connectivity index (χ0v) is 17.2. The van der Waals surface area contributed by atoms with Crippen LogP contribution in [0.2, 0.25) is 0 Å². The van der Waals surface area contributed by atoms with Crippen LogP contribution in [0.1, 0.15) is 35.2 Å². The van der Waals surface area contributed by atoms with Crippen molar-refractivity contribution in [2.75, 3.05) is 7.11 Å². The summed E-state index contributed by atoms with van der Waals surface area (Å²) in [6.45, 7) is 4.38. The molecule has 0 atom stereocenters. The number of furan rings is 1. The highest BCUT2D eigenvalue weighted by Gasteiger charge is 2.19. The van der Waals surface area contributed by atoms with Crippen molar-refractivity contribution in [2.24, 2.45) is 0 Å². The number of fused-ring (bicyclic) bond motifs is 3. The van der Waals surface area contributed by atoms with Gasteiger partial charge in [0.15, 0.2) is 5.16 Å². The average Bonchev–Trinajstić information content (AvgIpc) is 3.32. The van der Waals surface area contributed by atoms with Gasteiger partial charge in [-0.3, -0.25) is 13.8 Å². The largest absolute Gasteiger partial charge is 0.463 e. The molecule has 0 fully saturated rings. The average molecular weight is 412 g/mol. The molecule has 0 spiro atoms. The Kier molecular flexibility index (Phi) is 5.14. The topological polar surface area (TPSA) is 91.6 Å². The lowest BCUT2D eigenvalue weighted by atomic mass is 10.2. The van der Waals surface area contributed by atoms with Crippen molar-refractivity contribution >= 4 is 34.4 Å². The first-order valence-corrected chi connectivity index (χ1v) is 10.2. The number of aryl methyl sites for hydroxylation is 2. The van der Waals surface area contributed by atoms with E-state index in [2.05, 4.69) is 10.2 Å². The zero-order valence-electron chi connectivity index (χ0n) is 16.3. The molecule has 0 amide bonds. The van der Waals surface area contributed by atoms with Crippen LogP contribution in [-0.2, 0) is 17.0 Å². The predicted molar refractivity (Wildman–Crippen MR) is 109 cm³/mol. The van der Waals surface area contributed by atoms with Crippen LogP contribution in [-0.4, -0.2) is 32.2 Å². The number of hydrogen-bond acceptors (Lipinski definition) is 7. The van der Waals surface area contributed by atoms with E-state index in [0.29, 0.717) is 34.4 Å². The third kappa shape index (κ3) is 3.31. The molecule has 0 saturated heterocycles. The van der Waals surface area contributed by atoms with E-state index < -0.39 is 5.97 Å². The second kappa shape index (κ2) is 7.75. The highest BCUT2D eigenvalue weighted by atomic mass is 32.2. The summed E-state index contributed by atoms with van der Waals surface area (Å²) in [5.74, 6) is 1.32. The van der Waals surface area contributed by atoms with E-state index in [4.69, 9.17) is 9.15 Å². The lowest BCUT2D eigenvalue weighted by Crippen LogP contribution is -2.23. The number of esters is 1. The van der Waals surface area contributed by atoms with E-state index in [1.54, 1.807) is 11.5 Å². The van der Waals surface area contributed by atoms with Crippen LogP contribution >= 0.6 is 11.8 Å². The van der Waals surface area contributed by atoms with Crippen molar-refractivity contribution in [3.05, 3.63) is 57.8 Å². The predicted octanol–water partition coefficient (Wildman–Crippen LogP) is 3.43. The quantitative estimate of drug-likeness (QED) is 0.354. The van der Waals surface area contributed by atoms with Gasteiger partial charge >= 0.3 is 5.97 Å². The number of benzene rings is 1. The maximum absolute atomic E-state index is 12.9. The number of rotatable bonds is 6. The Labute approximate surface area is 170 Å². The maximum atomic E-state index is 12.9. The molecule has 0 aliphatic heterocycles. The minimum Gasteiger partial charge on any atom is -0.463 e. The van der Waals surface area contributed by atoms with Crippen molar-refractivity contribution in [3.63, 3.8) is 0 Å². The molecule has 0 aliphatic carbocycles. The number of ether oxygens (including phenoxy) is 1. The second-order valence-corrected chi connectivity index (χ2v) is 7.54. The molecule has 0 unspecified atom stereocenters. The Bertz CT molecular complexity index is 1270. The van der Waals surface area contributed by atoms with Gasteiger partial charge in [0.2, 0.25) is 11.5 Å². The highest BCUT2D eigenvalue weighted by Crippen LogP contribution is 2.27. The summed E-state index contributed by atoms with van der Waals surface area (Å²) in [4.78, 5) is 24.6. The molecular weight excluding hydrogens is 392 g/mol. The summed E-state index contributed by atoms with van der Waals surface area (Å²) in [7, 11) is 1.32. The minimum absolute atomic E-state index is 0.0664. The van der Waals surface area contributed by atoms with Crippen LogP contribution in [0.5, 0.6) is 0 Å². The van der Waals surface area contributed by atoms with E-state index in [1.165, 1.54) is 18.9 Å². The number of hydrogen-bond donors (Lipinski definition) is 0. The van der Waals surface area contributed by atoms with Crippen molar-refractivity contribution in [3.8, 4) is 0 Å². The minimum atomic E-state index is -0.499. The highest BCUT2D eigenvalue weighted by molar-refractivity contribution is 7.98. The van der Waals surface area contributed by atoms with Crippen LogP contribution in [0.3, 0.4) is 0 Å². The Morgan fingerprint density at radius 2 is 2.07 bits per heavy atom. The molecule has 1 aromatic carbocycles. The van der Waals surface area contributed by atoms with Gasteiger partial charge in [0.05, 0.1) is 23.8 Å². The van der Waals surface area contributed by atoms with E-state index in [1.807, 2.05) is 41.7 Å².